The van der Waals surface area contributed by atoms with Crippen LogP contribution in [0.2, 0.25) is 0 Å². The molecule has 0 radical (unpaired) electrons. The highest BCUT2D eigenvalue weighted by molar-refractivity contribution is 7.98. The fraction of sp³-hybridized carbons (Fsp3) is 1.00. The lowest BCUT2D eigenvalue weighted by atomic mass is 10.1. The van der Waals surface area contributed by atoms with Crippen LogP contribution in [0.15, 0.2) is 0 Å². The Bertz CT molecular complexity index is 93.6. The quantitative estimate of drug-likeness (QED) is 0.417. The minimum atomic E-state index is 0.600. The monoisotopic (exact) mass is 159 g/mol. The van der Waals surface area contributed by atoms with Crippen LogP contribution < -0.4 is 15.4 Å². The van der Waals surface area contributed by atoms with Crippen LogP contribution >= 0.6 is 11.9 Å². The molecule has 0 aromatic rings. The van der Waals surface area contributed by atoms with Crippen molar-refractivity contribution in [2.45, 2.75) is 17.8 Å². The highest BCUT2D eigenvalue weighted by atomic mass is 32.2. The molecule has 0 bridgehead atoms. The molecule has 0 amide bonds. The summed E-state index contributed by atoms with van der Waals surface area (Å²) >= 11 is 1.82. The highest BCUT2D eigenvalue weighted by Gasteiger charge is 2.27. The molecular formula is C6H13N3S. The van der Waals surface area contributed by atoms with Gasteiger partial charge in [-0.15, -0.1) is 0 Å². The molecule has 2 saturated heterocycles. The maximum Gasteiger partial charge on any atom is 0.0835 e. The molecule has 3 N–H and O–H groups in total. The van der Waals surface area contributed by atoms with Gasteiger partial charge in [0.2, 0.25) is 0 Å². The molecule has 0 aliphatic carbocycles. The predicted molar refractivity (Wildman–Crippen MR) is 43.8 cm³/mol. The van der Waals surface area contributed by atoms with E-state index in [0.717, 1.165) is 19.6 Å². The van der Waals surface area contributed by atoms with E-state index in [2.05, 4.69) is 15.4 Å². The Morgan fingerprint density at radius 1 is 1.10 bits per heavy atom. The van der Waals surface area contributed by atoms with Gasteiger partial charge in [0.1, 0.15) is 0 Å². The highest BCUT2D eigenvalue weighted by Crippen LogP contribution is 2.17. The molecule has 2 aliphatic rings. The predicted octanol–water partition coefficient (Wildman–Crippen LogP) is -0.485. The van der Waals surface area contributed by atoms with E-state index in [1.165, 1.54) is 6.42 Å². The van der Waals surface area contributed by atoms with Gasteiger partial charge in [-0.1, -0.05) is 11.9 Å². The van der Waals surface area contributed by atoms with Crippen molar-refractivity contribution in [3.05, 3.63) is 0 Å². The fourth-order valence-corrected chi connectivity index (χ4v) is 2.47. The average molecular weight is 159 g/mol. The Balaban J connectivity index is 1.93. The first-order valence-electron chi connectivity index (χ1n) is 3.82. The van der Waals surface area contributed by atoms with Gasteiger partial charge in [-0.3, -0.25) is 4.72 Å². The summed E-state index contributed by atoms with van der Waals surface area (Å²) in [5.74, 6) is 0. The van der Waals surface area contributed by atoms with Gasteiger partial charge < -0.3 is 10.6 Å². The molecule has 58 valence electrons. The lowest BCUT2D eigenvalue weighted by Gasteiger charge is -2.36. The van der Waals surface area contributed by atoms with E-state index >= 15 is 0 Å². The van der Waals surface area contributed by atoms with Gasteiger partial charge in [-0.05, 0) is 6.42 Å². The van der Waals surface area contributed by atoms with Crippen molar-refractivity contribution in [3.8, 4) is 0 Å². The van der Waals surface area contributed by atoms with Crippen molar-refractivity contribution in [2.24, 2.45) is 0 Å². The van der Waals surface area contributed by atoms with E-state index < -0.39 is 0 Å². The third kappa shape index (κ3) is 1.29. The van der Waals surface area contributed by atoms with E-state index in [9.17, 15) is 0 Å². The van der Waals surface area contributed by atoms with E-state index in [4.69, 9.17) is 0 Å². The van der Waals surface area contributed by atoms with Crippen LogP contribution in [0.25, 0.3) is 0 Å². The largest absolute Gasteiger partial charge is 0.310 e. The first-order valence-corrected chi connectivity index (χ1v) is 4.70. The van der Waals surface area contributed by atoms with Crippen molar-refractivity contribution in [2.75, 3.05) is 19.6 Å². The molecule has 2 rings (SSSR count). The fourth-order valence-electron chi connectivity index (χ4n) is 1.46. The Morgan fingerprint density at radius 3 is 2.90 bits per heavy atom. The van der Waals surface area contributed by atoms with Crippen LogP contribution in [-0.4, -0.2) is 31.0 Å². The average Bonchev–Trinajstić information content (AvgIpc) is 2.05. The molecule has 0 aromatic carbocycles. The first kappa shape index (κ1) is 6.91. The van der Waals surface area contributed by atoms with Gasteiger partial charge in [0, 0.05) is 25.7 Å². The Labute approximate surface area is 65.5 Å². The topological polar surface area (TPSA) is 36.1 Å². The molecule has 0 spiro atoms. The minimum Gasteiger partial charge on any atom is -0.310 e. The van der Waals surface area contributed by atoms with Gasteiger partial charge in [0.05, 0.1) is 5.37 Å². The van der Waals surface area contributed by atoms with E-state index in [-0.39, 0.29) is 0 Å². The van der Waals surface area contributed by atoms with E-state index in [0.29, 0.717) is 11.4 Å². The van der Waals surface area contributed by atoms with Crippen LogP contribution in [0.3, 0.4) is 0 Å². The number of hydrogen-bond acceptors (Lipinski definition) is 4. The van der Waals surface area contributed by atoms with Crippen molar-refractivity contribution in [1.29, 1.82) is 0 Å². The van der Waals surface area contributed by atoms with Gasteiger partial charge in [0.15, 0.2) is 0 Å². The summed E-state index contributed by atoms with van der Waals surface area (Å²) in [5.41, 5.74) is 0. The maximum atomic E-state index is 3.50. The lowest BCUT2D eigenvalue weighted by molar-refractivity contribution is 0.366. The Kier molecular flexibility index (Phi) is 2.13. The number of nitrogens with one attached hydrogen (secondary N) is 3. The SMILES string of the molecule is C1CC2NCCNC2SN1. The Hall–Kier alpha value is 0.230. The standard InChI is InChI=1S/C6H13N3S/c1-2-9-10-6-5(1)7-3-4-8-6/h5-9H,1-4H2. The molecule has 10 heavy (non-hydrogen) atoms. The second kappa shape index (κ2) is 3.09. The summed E-state index contributed by atoms with van der Waals surface area (Å²) in [4.78, 5) is 0. The summed E-state index contributed by atoms with van der Waals surface area (Å²) in [5, 5.41) is 7.56. The van der Waals surface area contributed by atoms with E-state index in [1.54, 1.807) is 0 Å². The minimum absolute atomic E-state index is 0.600. The number of hydrogen-bond donors (Lipinski definition) is 3. The van der Waals surface area contributed by atoms with Crippen LogP contribution in [0.4, 0.5) is 0 Å². The number of fused-ring (bicyclic) bond motifs is 1. The molecule has 2 unspecified atom stereocenters. The van der Waals surface area contributed by atoms with Gasteiger partial charge in [0.25, 0.3) is 0 Å². The summed E-state index contributed by atoms with van der Waals surface area (Å²) < 4.78 is 3.30. The van der Waals surface area contributed by atoms with Gasteiger partial charge in [-0.25, -0.2) is 0 Å². The zero-order valence-corrected chi connectivity index (χ0v) is 6.71. The van der Waals surface area contributed by atoms with Gasteiger partial charge >= 0.3 is 0 Å². The van der Waals surface area contributed by atoms with Crippen LogP contribution in [0.5, 0.6) is 0 Å². The van der Waals surface area contributed by atoms with Crippen LogP contribution in [-0.2, 0) is 0 Å². The second-order valence-electron chi connectivity index (χ2n) is 2.74. The summed E-state index contributed by atoms with van der Waals surface area (Å²) in [7, 11) is 0. The summed E-state index contributed by atoms with van der Waals surface area (Å²) in [6.07, 6.45) is 1.25. The molecule has 0 aromatic heterocycles. The molecule has 4 heteroatoms. The van der Waals surface area contributed by atoms with Crippen LogP contribution in [0, 0.1) is 0 Å². The molecule has 3 nitrogen and oxygen atoms in total. The third-order valence-corrected chi connectivity index (χ3v) is 3.13. The lowest BCUT2D eigenvalue weighted by Crippen LogP contribution is -2.57. The molecule has 2 aliphatic heterocycles. The van der Waals surface area contributed by atoms with Crippen molar-refractivity contribution < 1.29 is 0 Å². The first-order chi connectivity index (χ1) is 4.97. The Morgan fingerprint density at radius 2 is 2.00 bits per heavy atom. The van der Waals surface area contributed by atoms with Crippen molar-refractivity contribution >= 4 is 11.9 Å². The van der Waals surface area contributed by atoms with Crippen molar-refractivity contribution in [1.82, 2.24) is 15.4 Å². The van der Waals surface area contributed by atoms with Gasteiger partial charge in [-0.2, -0.15) is 0 Å². The second-order valence-corrected chi connectivity index (χ2v) is 3.77. The maximum absolute atomic E-state index is 3.50. The summed E-state index contributed by atoms with van der Waals surface area (Å²) in [6.45, 7) is 3.37. The van der Waals surface area contributed by atoms with Crippen molar-refractivity contribution in [3.63, 3.8) is 0 Å². The smallest absolute Gasteiger partial charge is 0.0835 e. The molecule has 0 saturated carbocycles. The zero-order chi connectivity index (χ0) is 6.81. The van der Waals surface area contributed by atoms with Crippen LogP contribution in [0.1, 0.15) is 6.42 Å². The summed E-state index contributed by atoms with van der Waals surface area (Å²) in [6, 6.07) is 0.694. The zero-order valence-electron chi connectivity index (χ0n) is 5.89. The normalized spacial score (nSPS) is 40.8. The molecule has 2 heterocycles. The third-order valence-electron chi connectivity index (χ3n) is 2.01. The molecular weight excluding hydrogens is 146 g/mol. The molecule has 2 fully saturated rings. The number of piperazine rings is 1. The number of rotatable bonds is 0. The molecule has 2 atom stereocenters. The van der Waals surface area contributed by atoms with E-state index in [1.807, 2.05) is 11.9 Å².